The number of hydrogen-bond acceptors (Lipinski definition) is 9. The quantitative estimate of drug-likeness (QED) is 0.0323. The van der Waals surface area contributed by atoms with E-state index in [1.807, 2.05) is 45.0 Å². The summed E-state index contributed by atoms with van der Waals surface area (Å²) < 4.78 is 15.2. The fraction of sp³-hybridized carbons (Fsp3) is 0.500. The summed E-state index contributed by atoms with van der Waals surface area (Å²) in [5, 5.41) is 0. The molecule has 0 aliphatic carbocycles. The highest BCUT2D eigenvalue weighted by molar-refractivity contribution is 5.75. The van der Waals surface area contributed by atoms with Crippen LogP contribution in [0, 0.1) is 20.8 Å². The Kier molecular flexibility index (Phi) is 30.3. The molecule has 0 atom stereocenters. The van der Waals surface area contributed by atoms with E-state index >= 15 is 0 Å². The van der Waals surface area contributed by atoms with Crippen molar-refractivity contribution < 1.29 is 19.0 Å². The molecular weight excluding hydrogens is 879 g/mol. The molecule has 392 valence electrons. The Labute approximate surface area is 433 Å². The molecule has 71 heavy (non-hydrogen) atoms. The van der Waals surface area contributed by atoms with Gasteiger partial charge < -0.3 is 38.7 Å². The lowest BCUT2D eigenvalue weighted by atomic mass is 9.81. The zero-order chi connectivity index (χ0) is 52.7. The highest BCUT2D eigenvalue weighted by Crippen LogP contribution is 2.38. The highest BCUT2D eigenvalue weighted by atomic mass is 16.8. The summed E-state index contributed by atoms with van der Waals surface area (Å²) in [7, 11) is 0. The van der Waals surface area contributed by atoms with Gasteiger partial charge in [-0.3, -0.25) is 4.79 Å². The van der Waals surface area contributed by atoms with Crippen LogP contribution in [0.15, 0.2) is 109 Å². The Balaban J connectivity index is 0.000000399. The molecule has 9 heteroatoms. The number of carbonyl (C=O) groups is 1. The van der Waals surface area contributed by atoms with Crippen molar-refractivity contribution in [1.29, 1.82) is 0 Å². The van der Waals surface area contributed by atoms with Gasteiger partial charge in [-0.15, -0.1) is 0 Å². The molecule has 0 radical (unpaired) electrons. The number of rotatable bonds is 25. The van der Waals surface area contributed by atoms with Crippen LogP contribution in [0.5, 0.6) is 0 Å². The van der Waals surface area contributed by atoms with Gasteiger partial charge in [0.25, 0.3) is 6.48 Å². The Morgan fingerprint density at radius 1 is 0.394 bits per heavy atom. The van der Waals surface area contributed by atoms with Gasteiger partial charge >= 0.3 is 0 Å². The van der Waals surface area contributed by atoms with E-state index in [9.17, 15) is 4.79 Å². The zero-order valence-electron chi connectivity index (χ0n) is 47.2. The highest BCUT2D eigenvalue weighted by Gasteiger charge is 2.22. The molecule has 0 aromatic heterocycles. The van der Waals surface area contributed by atoms with E-state index in [1.54, 1.807) is 0 Å². The second-order valence-electron chi connectivity index (χ2n) is 17.2. The normalized spacial score (nSPS) is 10.6. The number of ether oxygens (including phenoxy) is 3. The summed E-state index contributed by atoms with van der Waals surface area (Å²) in [5.74, 6) is 0.201. The van der Waals surface area contributed by atoms with Gasteiger partial charge in [-0.1, -0.05) is 36.4 Å². The van der Waals surface area contributed by atoms with E-state index in [4.69, 9.17) is 14.2 Å². The van der Waals surface area contributed by atoms with Crippen molar-refractivity contribution in [3.63, 3.8) is 0 Å². The van der Waals surface area contributed by atoms with Crippen molar-refractivity contribution in [2.75, 3.05) is 110 Å². The van der Waals surface area contributed by atoms with Crippen LogP contribution >= 0.6 is 0 Å². The third-order valence-corrected chi connectivity index (χ3v) is 12.9. The molecule has 5 rings (SSSR count). The van der Waals surface area contributed by atoms with Crippen molar-refractivity contribution in [3.8, 4) is 0 Å². The molecule has 0 saturated heterocycles. The molecule has 5 aromatic carbocycles. The van der Waals surface area contributed by atoms with Gasteiger partial charge in [0, 0.05) is 125 Å². The molecule has 0 heterocycles. The van der Waals surface area contributed by atoms with Gasteiger partial charge in [-0.05, 0) is 217 Å². The van der Waals surface area contributed by atoms with Crippen LogP contribution in [0.25, 0.3) is 0 Å². The third kappa shape index (κ3) is 19.6. The summed E-state index contributed by atoms with van der Waals surface area (Å²) in [6.45, 7) is 46.1. The minimum absolute atomic E-state index is 0.201. The number of nitrogens with zero attached hydrogens (tertiary/aromatic N) is 5. The molecule has 0 amide bonds. The van der Waals surface area contributed by atoms with Crippen molar-refractivity contribution in [1.82, 2.24) is 0 Å². The predicted molar refractivity (Wildman–Crippen MR) is 309 cm³/mol. The average Bonchev–Trinajstić information content (AvgIpc) is 3.38. The molecule has 9 nitrogen and oxygen atoms in total. The molecular formula is C62H95N5O4. The lowest BCUT2D eigenvalue weighted by Crippen LogP contribution is -2.22. The second-order valence-corrected chi connectivity index (χ2v) is 17.2. The minimum atomic E-state index is -0.472. The molecule has 0 fully saturated rings. The predicted octanol–water partition coefficient (Wildman–Crippen LogP) is 14.6. The SMILES string of the molecule is CCN(CC)c1ccc(C(c2ccc(N(CC)CC)cc2C)c2ccc(N(CC)CC)cc2C)cc1.CCN(CC)c1ccc(C=O)cc1.CCN(CC)c1cccc(C)c1.CCOC(OCC)OCC. The number of hydrogen-bond donors (Lipinski definition) is 0. The zero-order valence-corrected chi connectivity index (χ0v) is 47.2. The van der Waals surface area contributed by atoms with Crippen molar-refractivity contribution in [2.24, 2.45) is 0 Å². The smallest absolute Gasteiger partial charge is 0.271 e. The van der Waals surface area contributed by atoms with Gasteiger partial charge in [0.05, 0.1) is 0 Å². The maximum atomic E-state index is 10.4. The number of benzene rings is 5. The Hall–Kier alpha value is -5.35. The van der Waals surface area contributed by atoms with E-state index in [1.165, 1.54) is 61.8 Å². The maximum absolute atomic E-state index is 10.4. The van der Waals surface area contributed by atoms with Crippen LogP contribution in [0.4, 0.5) is 28.4 Å². The molecule has 0 N–H and O–H groups in total. The molecule has 0 unspecified atom stereocenters. The van der Waals surface area contributed by atoms with Crippen LogP contribution in [0.2, 0.25) is 0 Å². The van der Waals surface area contributed by atoms with Gasteiger partial charge in [0.15, 0.2) is 0 Å². The minimum Gasteiger partial charge on any atom is -0.372 e. The van der Waals surface area contributed by atoms with Gasteiger partial charge in [0.1, 0.15) is 6.29 Å². The fourth-order valence-electron chi connectivity index (χ4n) is 8.85. The van der Waals surface area contributed by atoms with Gasteiger partial charge in [0.2, 0.25) is 0 Å². The first kappa shape index (κ1) is 61.8. The topological polar surface area (TPSA) is 61.0 Å². The van der Waals surface area contributed by atoms with Crippen LogP contribution in [0.3, 0.4) is 0 Å². The summed E-state index contributed by atoms with van der Waals surface area (Å²) in [6, 6.07) is 39.7. The number of carbonyl (C=O) groups excluding carboxylic acids is 1. The molecule has 0 bridgehead atoms. The van der Waals surface area contributed by atoms with Gasteiger partial charge in [-0.2, -0.15) is 0 Å². The molecule has 5 aromatic rings. The summed E-state index contributed by atoms with van der Waals surface area (Å²) in [4.78, 5) is 22.3. The van der Waals surface area contributed by atoms with Crippen molar-refractivity contribution in [2.45, 2.75) is 123 Å². The third-order valence-electron chi connectivity index (χ3n) is 12.9. The van der Waals surface area contributed by atoms with Gasteiger partial charge in [-0.25, -0.2) is 0 Å². The first-order valence-electron chi connectivity index (χ1n) is 26.9. The molecule has 0 saturated carbocycles. The van der Waals surface area contributed by atoms with E-state index in [0.29, 0.717) is 19.8 Å². The first-order chi connectivity index (χ1) is 34.3. The monoisotopic (exact) mass is 974 g/mol. The largest absolute Gasteiger partial charge is 0.372 e. The Morgan fingerprint density at radius 2 is 0.718 bits per heavy atom. The Morgan fingerprint density at radius 3 is 1.03 bits per heavy atom. The van der Waals surface area contributed by atoms with Crippen LogP contribution in [-0.2, 0) is 14.2 Å². The summed E-state index contributed by atoms with van der Waals surface area (Å²) in [6.07, 6.45) is 0.867. The summed E-state index contributed by atoms with van der Waals surface area (Å²) >= 11 is 0. The van der Waals surface area contributed by atoms with E-state index in [0.717, 1.165) is 77.3 Å². The Bertz CT molecular complexity index is 2080. The van der Waals surface area contributed by atoms with E-state index in [-0.39, 0.29) is 5.92 Å². The molecule has 0 aliphatic heterocycles. The van der Waals surface area contributed by atoms with Crippen LogP contribution in [-0.4, -0.2) is 98.0 Å². The lowest BCUT2D eigenvalue weighted by molar-refractivity contribution is -0.282. The number of aryl methyl sites for hydroxylation is 3. The summed E-state index contributed by atoms with van der Waals surface area (Å²) in [5.41, 5.74) is 15.3. The van der Waals surface area contributed by atoms with Crippen molar-refractivity contribution in [3.05, 3.63) is 148 Å². The number of aldehydes is 1. The number of anilines is 5. The van der Waals surface area contributed by atoms with E-state index in [2.05, 4.69) is 199 Å². The van der Waals surface area contributed by atoms with Crippen LogP contribution in [0.1, 0.15) is 140 Å². The fourth-order valence-corrected chi connectivity index (χ4v) is 8.85. The standard InChI is InChI=1S/C33H47N3.C11H15NO.C11H17N.C7H16O3/c1-9-34(10-2)28-17-15-27(16-18-28)33(31-21-19-29(23-25(31)7)35(11-3)12-4)32-22-20-30(24-26(32)8)36(13-5)14-6;1-3-12(4-2)11-7-5-10(9-13)6-8-11;1-4-12(5-2)11-8-6-7-10(3)9-11;1-4-8-7(9-5-2)10-6-3/h15-24,33H,9-14H2,1-8H3;5-9H,3-4H2,1-2H3;6-9H,4-5H2,1-3H3;7H,4-6H2,1-3H3. The molecule has 0 aliphatic rings. The average molecular weight is 974 g/mol. The molecule has 0 spiro atoms. The van der Waals surface area contributed by atoms with E-state index < -0.39 is 6.48 Å². The second kappa shape index (κ2) is 34.9. The van der Waals surface area contributed by atoms with Crippen LogP contribution < -0.4 is 24.5 Å². The first-order valence-corrected chi connectivity index (χ1v) is 26.9. The maximum Gasteiger partial charge on any atom is 0.271 e. The lowest BCUT2D eigenvalue weighted by Gasteiger charge is -2.28. The van der Waals surface area contributed by atoms with Crippen molar-refractivity contribution >= 4 is 34.7 Å².